The average Bonchev–Trinajstić information content (AvgIpc) is 1.68. The minimum Gasteiger partial charge on any atom is -0.463 e. The van der Waals surface area contributed by atoms with E-state index in [1.807, 2.05) is 0 Å². The molecule has 5 aliphatic carbocycles. The topological polar surface area (TPSA) is 325 Å². The molecule has 141 heavy (non-hydrogen) atoms. The SMILES string of the molecule is CCCCOc1nc(N)c2c(n1)C(Cc1ccc(CN(C)C)cc1)=CC2.CCCCOc1nc(N)c2c(n1)C(Cc1ccc(CN(CC)CC)cc1)=CC2.CCCCOc1nc(N)c2c(n1)C(Cc1ccc(CN(CCC)CCC)cc1)=CC2.CCCCOc1nc(N)c2c(n1)C(Cc1ccc(CN3CCC3)cc1)=CC2.CCCCOc1nc(N)c2c(n1)C(Cc1ccc(CN3CCN(C)CC3)cc1)=CC2. The Labute approximate surface area is 839 Å². The van der Waals surface area contributed by atoms with E-state index in [2.05, 4.69) is 314 Å². The molecule has 752 valence electrons. The molecule has 2 fully saturated rings. The summed E-state index contributed by atoms with van der Waals surface area (Å²) >= 11 is 0. The zero-order valence-corrected chi connectivity index (χ0v) is 86.4. The lowest BCUT2D eigenvalue weighted by atomic mass is 10.0. The van der Waals surface area contributed by atoms with E-state index in [9.17, 15) is 0 Å². The van der Waals surface area contributed by atoms with Crippen molar-refractivity contribution in [2.24, 2.45) is 0 Å². The number of aromatic nitrogens is 10. The van der Waals surface area contributed by atoms with Gasteiger partial charge in [-0.05, 0) is 259 Å². The van der Waals surface area contributed by atoms with Gasteiger partial charge in [-0.25, -0.2) is 0 Å². The second kappa shape index (κ2) is 54.8. The number of likely N-dealkylation sites (tertiary alicyclic amines) is 1. The number of nitrogens with zero attached hydrogens (tertiary/aromatic N) is 16. The van der Waals surface area contributed by atoms with Crippen LogP contribution in [0, 0.1) is 0 Å². The first-order valence-electron chi connectivity index (χ1n) is 52.2. The molecule has 0 atom stereocenters. The summed E-state index contributed by atoms with van der Waals surface area (Å²) in [5, 5.41) is 0. The molecule has 2 aliphatic heterocycles. The number of unbranched alkanes of at least 4 members (excludes halogenated alkanes) is 5. The maximum absolute atomic E-state index is 6.18. The van der Waals surface area contributed by atoms with Crippen LogP contribution in [0.1, 0.15) is 258 Å². The maximum Gasteiger partial charge on any atom is 0.318 e. The molecular weight excluding hydrogens is 1760 g/mol. The number of allylic oxidation sites excluding steroid dienone is 10. The zero-order valence-electron chi connectivity index (χ0n) is 86.4. The predicted octanol–water partition coefficient (Wildman–Crippen LogP) is 19.6. The van der Waals surface area contributed by atoms with Crippen LogP contribution in [0.2, 0.25) is 0 Å². The number of ether oxygens (including phenoxy) is 5. The van der Waals surface area contributed by atoms with Crippen molar-refractivity contribution in [1.29, 1.82) is 0 Å². The Morgan fingerprint density at radius 3 is 0.738 bits per heavy atom. The van der Waals surface area contributed by atoms with Crippen molar-refractivity contribution in [1.82, 2.24) is 79.2 Å². The quantitative estimate of drug-likeness (QED) is 0.0221. The van der Waals surface area contributed by atoms with Crippen molar-refractivity contribution in [2.75, 3.05) is 148 Å². The molecule has 5 aromatic heterocycles. The van der Waals surface area contributed by atoms with E-state index in [1.54, 1.807) is 0 Å². The summed E-state index contributed by atoms with van der Waals surface area (Å²) < 4.78 is 28.5. The fourth-order valence-corrected chi connectivity index (χ4v) is 18.2. The van der Waals surface area contributed by atoms with Crippen molar-refractivity contribution < 1.29 is 23.7 Å². The molecular formula is C115H157N21O5. The first kappa shape index (κ1) is 106. The van der Waals surface area contributed by atoms with Gasteiger partial charge in [-0.2, -0.15) is 49.8 Å². The van der Waals surface area contributed by atoms with Gasteiger partial charge in [-0.1, -0.05) is 246 Å². The van der Waals surface area contributed by atoms with Crippen LogP contribution in [0.3, 0.4) is 0 Å². The standard InChI is InChI=1S/C25H36N4O.C24H33N5O.C23H32N4O.C22H28N4O.C21H28N4O/c1-4-7-16-30-25-27-23-21(12-13-22(23)24(26)28-25)17-19-8-10-20(11-9-19)18-29(14-5-2)15-6-3;1-3-4-15-30-24-26-22-20(9-10-21(22)23(25)27-24)16-18-5-7-19(8-6-18)17-29-13-11-28(2)12-14-29;1-4-7-14-28-23-25-21-19(12-13-20(21)22(24)26-23)15-17-8-10-18(11-9-17)16-27(5-2)6-3;1-2-3-13-27-22-24-20-18(9-10-19(20)21(23)25-22)14-16-5-7-17(8-6-16)15-26-11-4-12-26;1-4-5-12-26-21-23-19-17(10-11-18(19)20(22)24-21)13-15-6-8-16(9-7-15)14-25(2)3/h8-12H,4-7,13-18H2,1-3H3,(H2,26,27,28);5-9H,3-4,10-17H2,1-2H3,(H2,25,26,27);8-12H,4-7,13-16H2,1-3H3,(H2,24,25,26);5-9H,2-4,10-15H2,1H3,(H2,23,24,25);6-10H,4-5,11-14H2,1-3H3,(H2,22,23,24). The fourth-order valence-electron chi connectivity index (χ4n) is 18.2. The van der Waals surface area contributed by atoms with Crippen molar-refractivity contribution in [3.05, 3.63) is 264 Å². The number of hydrogen-bond acceptors (Lipinski definition) is 26. The molecule has 10 aromatic rings. The highest BCUT2D eigenvalue weighted by molar-refractivity contribution is 5.79. The normalized spacial score (nSPS) is 14.4. The second-order valence-electron chi connectivity index (χ2n) is 38.4. The van der Waals surface area contributed by atoms with Gasteiger partial charge >= 0.3 is 30.1 Å². The highest BCUT2D eigenvalue weighted by Crippen LogP contribution is 2.39. The van der Waals surface area contributed by atoms with Gasteiger partial charge in [0, 0.05) is 86.7 Å². The van der Waals surface area contributed by atoms with Gasteiger partial charge < -0.3 is 62.2 Å². The van der Waals surface area contributed by atoms with Crippen LogP contribution in [0.25, 0.3) is 27.9 Å². The van der Waals surface area contributed by atoms with Gasteiger partial charge in [0.2, 0.25) is 0 Å². The third-order valence-corrected chi connectivity index (χ3v) is 26.8. The Hall–Kier alpha value is -12.0. The first-order chi connectivity index (χ1) is 68.7. The minimum atomic E-state index is 0.392. The smallest absolute Gasteiger partial charge is 0.318 e. The largest absolute Gasteiger partial charge is 0.463 e. The maximum atomic E-state index is 6.18. The van der Waals surface area contributed by atoms with Gasteiger partial charge in [-0.3, -0.25) is 19.6 Å². The molecule has 7 aliphatic rings. The Morgan fingerprint density at radius 1 is 0.277 bits per heavy atom. The van der Waals surface area contributed by atoms with Gasteiger partial charge in [-0.15, -0.1) is 0 Å². The summed E-state index contributed by atoms with van der Waals surface area (Å²) in [5.74, 6) is 2.70. The van der Waals surface area contributed by atoms with Crippen LogP contribution in [0.4, 0.5) is 29.1 Å². The Bertz CT molecular complexity index is 5780. The lowest BCUT2D eigenvalue weighted by Crippen LogP contribution is -2.43. The summed E-state index contributed by atoms with van der Waals surface area (Å²) in [5.41, 5.74) is 60.0. The lowest BCUT2D eigenvalue weighted by molar-refractivity contribution is 0.148. The summed E-state index contributed by atoms with van der Waals surface area (Å²) in [7, 11) is 6.36. The van der Waals surface area contributed by atoms with Crippen molar-refractivity contribution in [2.45, 2.75) is 243 Å². The Balaban J connectivity index is 0.000000148. The molecule has 0 amide bonds. The summed E-state index contributed by atoms with van der Waals surface area (Å²) in [6.45, 7) is 39.3. The number of piperazine rings is 1. The van der Waals surface area contributed by atoms with E-state index < -0.39 is 0 Å². The first-order valence-corrected chi connectivity index (χ1v) is 52.2. The number of fused-ring (bicyclic) bond motifs is 5. The Morgan fingerprint density at radius 2 is 0.511 bits per heavy atom. The van der Waals surface area contributed by atoms with Gasteiger partial charge in [0.25, 0.3) is 0 Å². The average molecular weight is 1910 g/mol. The van der Waals surface area contributed by atoms with Gasteiger partial charge in [0.15, 0.2) is 0 Å². The number of likely N-dealkylation sites (N-methyl/N-ethyl adjacent to an activating group) is 1. The zero-order chi connectivity index (χ0) is 99.4. The third-order valence-electron chi connectivity index (χ3n) is 26.8. The van der Waals surface area contributed by atoms with Crippen molar-refractivity contribution >= 4 is 57.0 Å². The number of nitrogens with two attached hydrogens (primary N) is 5. The highest BCUT2D eigenvalue weighted by atomic mass is 16.5. The van der Waals surface area contributed by atoms with Crippen molar-refractivity contribution in [3.8, 4) is 30.1 Å². The summed E-state index contributed by atoms with van der Waals surface area (Å²) in [4.78, 5) is 59.4. The summed E-state index contributed by atoms with van der Waals surface area (Å²) in [6.07, 6.45) is 33.4. The predicted molar refractivity (Wildman–Crippen MR) is 576 cm³/mol. The molecule has 26 heteroatoms. The van der Waals surface area contributed by atoms with E-state index in [0.717, 1.165) is 270 Å². The Kier molecular flexibility index (Phi) is 41.3. The van der Waals surface area contributed by atoms with E-state index in [4.69, 9.17) is 52.4 Å². The van der Waals surface area contributed by atoms with Crippen LogP contribution in [-0.2, 0) is 96.9 Å². The highest BCUT2D eigenvalue weighted by Gasteiger charge is 2.29. The third kappa shape index (κ3) is 31.5. The molecule has 0 spiro atoms. The molecule has 2 saturated heterocycles. The van der Waals surface area contributed by atoms with Crippen LogP contribution in [0.15, 0.2) is 152 Å². The molecule has 0 bridgehead atoms. The monoisotopic (exact) mass is 1910 g/mol. The minimum absolute atomic E-state index is 0.392. The molecule has 7 heterocycles. The van der Waals surface area contributed by atoms with Crippen LogP contribution in [-0.4, -0.2) is 199 Å². The molecule has 17 rings (SSSR count). The summed E-state index contributed by atoms with van der Waals surface area (Å²) in [6, 6.07) is 46.7. The van der Waals surface area contributed by atoms with Crippen LogP contribution in [0.5, 0.6) is 30.1 Å². The van der Waals surface area contributed by atoms with Gasteiger partial charge in [0.1, 0.15) is 29.1 Å². The number of hydrogen-bond donors (Lipinski definition) is 5. The van der Waals surface area contributed by atoms with Gasteiger partial charge in [0.05, 0.1) is 61.5 Å². The molecule has 10 N–H and O–H groups in total. The fraction of sp³-hybridized carbons (Fsp3) is 0.478. The molecule has 5 aromatic carbocycles. The lowest BCUT2D eigenvalue weighted by Gasteiger charge is -2.32. The van der Waals surface area contributed by atoms with E-state index in [-0.39, 0.29) is 0 Å². The van der Waals surface area contributed by atoms with E-state index in [1.165, 1.54) is 116 Å². The van der Waals surface area contributed by atoms with Crippen molar-refractivity contribution in [3.63, 3.8) is 0 Å². The number of anilines is 5. The number of rotatable bonds is 46. The number of benzene rings is 5. The molecule has 0 saturated carbocycles. The van der Waals surface area contributed by atoms with Crippen LogP contribution >= 0.6 is 0 Å². The van der Waals surface area contributed by atoms with E-state index in [0.29, 0.717) is 92.2 Å². The molecule has 26 nitrogen and oxygen atoms in total. The van der Waals surface area contributed by atoms with Crippen LogP contribution < -0.4 is 52.4 Å². The molecule has 0 unspecified atom stereocenters. The second-order valence-corrected chi connectivity index (χ2v) is 38.4. The molecule has 0 radical (unpaired) electrons. The van der Waals surface area contributed by atoms with E-state index >= 15 is 0 Å². The number of nitrogen functional groups attached to an aromatic ring is 5.